The molecule has 1 saturated heterocycles. The Morgan fingerprint density at radius 1 is 1.06 bits per heavy atom. The van der Waals surface area contributed by atoms with Gasteiger partial charge in [0.05, 0.1) is 5.69 Å². The number of nitrogens with zero attached hydrogens (tertiary/aromatic N) is 3. The quantitative estimate of drug-likeness (QED) is 0.315. The number of aryl methyl sites for hydroxylation is 1. The highest BCUT2D eigenvalue weighted by Gasteiger charge is 2.16. The van der Waals surface area contributed by atoms with Crippen LogP contribution in [0.1, 0.15) is 12.0 Å². The first-order valence-electron chi connectivity index (χ1n) is 12.1. The van der Waals surface area contributed by atoms with E-state index in [1.165, 1.54) is 0 Å². The average Bonchev–Trinajstić information content (AvgIpc) is 3.30. The molecule has 0 spiro atoms. The molecule has 2 aromatic heterocycles. The summed E-state index contributed by atoms with van der Waals surface area (Å²) in [6.45, 7) is 8.23. The van der Waals surface area contributed by atoms with E-state index in [1.54, 1.807) is 12.1 Å². The molecule has 0 radical (unpaired) electrons. The summed E-state index contributed by atoms with van der Waals surface area (Å²) in [6.07, 6.45) is 1.03. The van der Waals surface area contributed by atoms with Gasteiger partial charge in [-0.25, -0.2) is 4.98 Å². The lowest BCUT2D eigenvalue weighted by Gasteiger charge is -2.32. The third-order valence-corrected chi connectivity index (χ3v) is 7.05. The van der Waals surface area contributed by atoms with Gasteiger partial charge in [-0.3, -0.25) is 0 Å². The Balaban J connectivity index is 1.41. The minimum absolute atomic E-state index is 0.155. The van der Waals surface area contributed by atoms with Crippen LogP contribution in [0.3, 0.4) is 0 Å². The molecule has 0 bridgehead atoms. The lowest BCUT2D eigenvalue weighted by molar-refractivity contribution is 0.154. The SMILES string of the molecule is Cc1cc(O)c(-c2cc(-c3cc4ccccc4o3)cc(NCCCN3CCN(C)CC3)n2)cc1Cl. The standard InChI is InChI=1S/C28H31ClN4O2/c1-19-14-25(34)22(18-23(19)29)24-15-21(27-16-20-6-3-4-7-26(20)35-27)17-28(31-24)30-8-5-9-33-12-10-32(2)11-13-33/h3-4,6-7,14-18,34H,5,8-13H2,1-2H3,(H,30,31). The number of likely N-dealkylation sites (N-methyl/N-ethyl adjacent to an activating group) is 1. The zero-order chi connectivity index (χ0) is 24.4. The molecule has 2 aromatic carbocycles. The molecule has 0 atom stereocenters. The molecular weight excluding hydrogens is 460 g/mol. The van der Waals surface area contributed by atoms with Gasteiger partial charge in [-0.05, 0) is 68.9 Å². The molecule has 1 aliphatic rings. The number of nitrogens with one attached hydrogen (secondary N) is 1. The van der Waals surface area contributed by atoms with Gasteiger partial charge in [-0.15, -0.1) is 0 Å². The number of hydrogen-bond acceptors (Lipinski definition) is 6. The van der Waals surface area contributed by atoms with Crippen molar-refractivity contribution in [3.63, 3.8) is 0 Å². The normalized spacial score (nSPS) is 15.1. The Morgan fingerprint density at radius 3 is 2.66 bits per heavy atom. The van der Waals surface area contributed by atoms with Crippen molar-refractivity contribution in [1.82, 2.24) is 14.8 Å². The molecule has 5 rings (SSSR count). The predicted molar refractivity (Wildman–Crippen MR) is 143 cm³/mol. The number of benzene rings is 2. The van der Waals surface area contributed by atoms with Gasteiger partial charge in [0.2, 0.25) is 0 Å². The number of phenols is 1. The highest BCUT2D eigenvalue weighted by Crippen LogP contribution is 2.37. The summed E-state index contributed by atoms with van der Waals surface area (Å²) < 4.78 is 6.13. The van der Waals surface area contributed by atoms with Gasteiger partial charge in [0.15, 0.2) is 0 Å². The maximum Gasteiger partial charge on any atom is 0.135 e. The van der Waals surface area contributed by atoms with E-state index in [1.807, 2.05) is 49.4 Å². The molecule has 0 unspecified atom stereocenters. The first-order valence-corrected chi connectivity index (χ1v) is 12.5. The third-order valence-electron chi connectivity index (χ3n) is 6.64. The predicted octanol–water partition coefficient (Wildman–Crippen LogP) is 5.88. The summed E-state index contributed by atoms with van der Waals surface area (Å²) in [7, 11) is 2.18. The molecule has 7 heteroatoms. The Labute approximate surface area is 211 Å². The Hall–Kier alpha value is -3.06. The number of para-hydroxylation sites is 1. The minimum Gasteiger partial charge on any atom is -0.507 e. The first-order chi connectivity index (χ1) is 17.0. The van der Waals surface area contributed by atoms with E-state index >= 15 is 0 Å². The van der Waals surface area contributed by atoms with Crippen molar-refractivity contribution < 1.29 is 9.52 Å². The number of aromatic hydroxyl groups is 1. The number of piperazine rings is 1. The zero-order valence-corrected chi connectivity index (χ0v) is 21.0. The number of pyridine rings is 1. The number of rotatable bonds is 7. The molecule has 2 N–H and O–H groups in total. The largest absolute Gasteiger partial charge is 0.507 e. The molecule has 1 fully saturated rings. The number of aromatic nitrogens is 1. The van der Waals surface area contributed by atoms with Gasteiger partial charge >= 0.3 is 0 Å². The Kier molecular flexibility index (Phi) is 6.95. The fourth-order valence-electron chi connectivity index (χ4n) is 4.49. The highest BCUT2D eigenvalue weighted by atomic mass is 35.5. The number of phenolic OH excluding ortho intramolecular Hbond substituents is 1. The van der Waals surface area contributed by atoms with Crippen molar-refractivity contribution in [2.24, 2.45) is 0 Å². The third kappa shape index (κ3) is 5.45. The van der Waals surface area contributed by atoms with Gasteiger partial charge in [0.1, 0.15) is 22.9 Å². The van der Waals surface area contributed by atoms with E-state index in [-0.39, 0.29) is 5.75 Å². The minimum atomic E-state index is 0.155. The molecule has 35 heavy (non-hydrogen) atoms. The molecule has 182 valence electrons. The van der Waals surface area contributed by atoms with Crippen LogP contribution < -0.4 is 5.32 Å². The second-order valence-electron chi connectivity index (χ2n) is 9.32. The molecule has 1 aliphatic heterocycles. The average molecular weight is 491 g/mol. The van der Waals surface area contributed by atoms with E-state index in [0.29, 0.717) is 16.3 Å². The Morgan fingerprint density at radius 2 is 1.86 bits per heavy atom. The van der Waals surface area contributed by atoms with E-state index in [0.717, 1.165) is 79.4 Å². The fourth-order valence-corrected chi connectivity index (χ4v) is 4.65. The van der Waals surface area contributed by atoms with Crippen molar-refractivity contribution in [1.29, 1.82) is 0 Å². The molecule has 6 nitrogen and oxygen atoms in total. The van der Waals surface area contributed by atoms with Crippen LogP contribution in [0.25, 0.3) is 33.6 Å². The fraction of sp³-hybridized carbons (Fsp3) is 0.321. The summed E-state index contributed by atoms with van der Waals surface area (Å²) in [5.41, 5.74) is 3.79. The van der Waals surface area contributed by atoms with Gasteiger partial charge in [0, 0.05) is 54.3 Å². The number of halogens is 1. The summed E-state index contributed by atoms with van der Waals surface area (Å²) in [5, 5.41) is 15.8. The van der Waals surface area contributed by atoms with Crippen LogP contribution >= 0.6 is 11.6 Å². The summed E-state index contributed by atoms with van der Waals surface area (Å²) in [5.74, 6) is 1.66. The van der Waals surface area contributed by atoms with Crippen molar-refractivity contribution in [3.8, 4) is 28.3 Å². The maximum absolute atomic E-state index is 10.7. The summed E-state index contributed by atoms with van der Waals surface area (Å²) >= 11 is 6.39. The van der Waals surface area contributed by atoms with Gasteiger partial charge in [-0.2, -0.15) is 0 Å². The summed E-state index contributed by atoms with van der Waals surface area (Å²) in [4.78, 5) is 9.70. The second kappa shape index (κ2) is 10.3. The zero-order valence-electron chi connectivity index (χ0n) is 20.2. The molecule has 0 aliphatic carbocycles. The van der Waals surface area contributed by atoms with Crippen LogP contribution in [0.4, 0.5) is 5.82 Å². The molecular formula is C28H31ClN4O2. The van der Waals surface area contributed by atoms with Gasteiger partial charge < -0.3 is 24.6 Å². The Bertz CT molecular complexity index is 1300. The van der Waals surface area contributed by atoms with Gasteiger partial charge in [-0.1, -0.05) is 29.8 Å². The van der Waals surface area contributed by atoms with Crippen molar-refractivity contribution in [3.05, 3.63) is 65.2 Å². The number of hydrogen-bond donors (Lipinski definition) is 2. The van der Waals surface area contributed by atoms with Crippen LogP contribution in [-0.4, -0.2) is 66.2 Å². The van der Waals surface area contributed by atoms with E-state index in [2.05, 4.69) is 22.2 Å². The number of anilines is 1. The highest BCUT2D eigenvalue weighted by molar-refractivity contribution is 6.31. The molecule has 4 aromatic rings. The number of furan rings is 1. The van der Waals surface area contributed by atoms with Crippen LogP contribution in [0.2, 0.25) is 5.02 Å². The van der Waals surface area contributed by atoms with Crippen molar-refractivity contribution in [2.45, 2.75) is 13.3 Å². The first kappa shape index (κ1) is 23.7. The van der Waals surface area contributed by atoms with Crippen molar-refractivity contribution in [2.75, 3.05) is 51.6 Å². The lowest BCUT2D eigenvalue weighted by atomic mass is 10.0. The molecule has 0 amide bonds. The smallest absolute Gasteiger partial charge is 0.135 e. The molecule has 0 saturated carbocycles. The number of fused-ring (bicyclic) bond motifs is 1. The maximum atomic E-state index is 10.7. The lowest BCUT2D eigenvalue weighted by Crippen LogP contribution is -2.44. The van der Waals surface area contributed by atoms with E-state index < -0.39 is 0 Å². The van der Waals surface area contributed by atoms with E-state index in [9.17, 15) is 5.11 Å². The van der Waals surface area contributed by atoms with E-state index in [4.69, 9.17) is 21.0 Å². The topological polar surface area (TPSA) is 64.8 Å². The summed E-state index contributed by atoms with van der Waals surface area (Å²) in [6, 6.07) is 17.4. The monoisotopic (exact) mass is 490 g/mol. The second-order valence-corrected chi connectivity index (χ2v) is 9.73. The van der Waals surface area contributed by atoms with Gasteiger partial charge in [0.25, 0.3) is 0 Å². The van der Waals surface area contributed by atoms with Crippen LogP contribution in [0, 0.1) is 6.92 Å². The van der Waals surface area contributed by atoms with Crippen LogP contribution in [0.15, 0.2) is 59.0 Å². The van der Waals surface area contributed by atoms with Crippen molar-refractivity contribution >= 4 is 28.4 Å². The van der Waals surface area contributed by atoms with Crippen LogP contribution in [-0.2, 0) is 0 Å². The molecule has 3 heterocycles. The van der Waals surface area contributed by atoms with Crippen LogP contribution in [0.5, 0.6) is 5.75 Å².